The average molecular weight is 350 g/mol. The van der Waals surface area contributed by atoms with Gasteiger partial charge in [-0.25, -0.2) is 4.57 Å². The topological polar surface area (TPSA) is 54.0 Å². The summed E-state index contributed by atoms with van der Waals surface area (Å²) in [6.45, 7) is 3.81. The van der Waals surface area contributed by atoms with Gasteiger partial charge in [0.05, 0.1) is 19.9 Å². The van der Waals surface area contributed by atoms with E-state index in [1.165, 1.54) is 0 Å². The van der Waals surface area contributed by atoms with Crippen LogP contribution in [0.2, 0.25) is 0 Å². The van der Waals surface area contributed by atoms with Gasteiger partial charge in [-0.1, -0.05) is 6.92 Å². The van der Waals surface area contributed by atoms with Crippen molar-refractivity contribution in [1.29, 1.82) is 0 Å². The van der Waals surface area contributed by atoms with Gasteiger partial charge in [0.2, 0.25) is 0 Å². The van der Waals surface area contributed by atoms with E-state index in [-0.39, 0.29) is 5.66 Å². The van der Waals surface area contributed by atoms with E-state index in [1.54, 1.807) is 62.8 Å². The first-order chi connectivity index (χ1) is 11.5. The molecule has 2 rings (SSSR count). The van der Waals surface area contributed by atoms with Crippen molar-refractivity contribution in [3.63, 3.8) is 0 Å². The van der Waals surface area contributed by atoms with Crippen LogP contribution in [-0.4, -0.2) is 19.9 Å². The molecule has 2 aromatic rings. The van der Waals surface area contributed by atoms with Gasteiger partial charge in [-0.3, -0.25) is 0 Å². The summed E-state index contributed by atoms with van der Waals surface area (Å²) in [6.07, 6.45) is 0.670. The highest BCUT2D eigenvalue weighted by molar-refractivity contribution is 7.55. The lowest BCUT2D eigenvalue weighted by Crippen LogP contribution is -2.13. The van der Waals surface area contributed by atoms with Crippen LogP contribution in [0.3, 0.4) is 0 Å². The molecule has 0 bridgehead atoms. The molecule has 0 aliphatic rings. The quantitative estimate of drug-likeness (QED) is 0.616. The number of hydrogen-bond donors (Lipinski definition) is 0. The van der Waals surface area contributed by atoms with Crippen LogP contribution >= 0.6 is 7.60 Å². The summed E-state index contributed by atoms with van der Waals surface area (Å²) in [7, 11) is -0.203. The second-order valence-electron chi connectivity index (χ2n) is 5.33. The molecule has 1 atom stereocenters. The molecule has 0 aliphatic heterocycles. The van der Waals surface area contributed by atoms with E-state index < -0.39 is 7.60 Å². The normalized spacial score (nSPS) is 12.3. The van der Waals surface area contributed by atoms with Crippen LogP contribution in [0.25, 0.3) is 0 Å². The summed E-state index contributed by atoms with van der Waals surface area (Å²) < 4.78 is 35.0. The molecule has 0 aromatic heterocycles. The molecular formula is C18H23O5P. The molecule has 0 fully saturated rings. The van der Waals surface area contributed by atoms with Crippen LogP contribution < -0.4 is 18.5 Å². The van der Waals surface area contributed by atoms with Crippen molar-refractivity contribution in [2.24, 2.45) is 0 Å². The predicted molar refractivity (Wildman–Crippen MR) is 94.6 cm³/mol. The Balaban J connectivity index is 2.22. The molecule has 24 heavy (non-hydrogen) atoms. The SMILES string of the molecule is CCC(C)P(=O)(Oc1ccc(OC)cc1)Oc1ccc(OC)cc1. The number of ether oxygens (including phenoxy) is 2. The van der Waals surface area contributed by atoms with Gasteiger partial charge in [0.1, 0.15) is 23.0 Å². The summed E-state index contributed by atoms with van der Waals surface area (Å²) in [5.74, 6) is 2.37. The van der Waals surface area contributed by atoms with Crippen LogP contribution in [-0.2, 0) is 4.57 Å². The first kappa shape index (κ1) is 18.2. The lowest BCUT2D eigenvalue weighted by atomic mass is 10.3. The van der Waals surface area contributed by atoms with Crippen LogP contribution in [0.15, 0.2) is 48.5 Å². The Morgan fingerprint density at radius 3 is 1.42 bits per heavy atom. The van der Waals surface area contributed by atoms with E-state index >= 15 is 0 Å². The lowest BCUT2D eigenvalue weighted by Gasteiger charge is -2.24. The molecule has 0 heterocycles. The van der Waals surface area contributed by atoms with E-state index in [2.05, 4.69) is 0 Å². The van der Waals surface area contributed by atoms with Crippen LogP contribution in [0, 0.1) is 0 Å². The molecular weight excluding hydrogens is 327 g/mol. The Bertz CT molecular complexity index is 628. The minimum absolute atomic E-state index is 0.248. The van der Waals surface area contributed by atoms with Crippen LogP contribution in [0.4, 0.5) is 0 Å². The molecule has 6 heteroatoms. The Kier molecular flexibility index (Phi) is 6.16. The van der Waals surface area contributed by atoms with Crippen LogP contribution in [0.5, 0.6) is 23.0 Å². The van der Waals surface area contributed by atoms with Crippen molar-refractivity contribution in [2.75, 3.05) is 14.2 Å². The summed E-state index contributed by atoms with van der Waals surface area (Å²) >= 11 is 0. The Morgan fingerprint density at radius 2 is 1.12 bits per heavy atom. The number of methoxy groups -OCH3 is 2. The van der Waals surface area contributed by atoms with Crippen LogP contribution in [0.1, 0.15) is 20.3 Å². The van der Waals surface area contributed by atoms with E-state index in [9.17, 15) is 4.57 Å². The minimum atomic E-state index is -3.38. The number of rotatable bonds is 8. The van der Waals surface area contributed by atoms with Gasteiger partial charge in [0.15, 0.2) is 0 Å². The smallest absolute Gasteiger partial charge is 0.433 e. The zero-order valence-corrected chi connectivity index (χ0v) is 15.3. The van der Waals surface area contributed by atoms with E-state index in [0.29, 0.717) is 29.4 Å². The zero-order chi connectivity index (χ0) is 17.6. The zero-order valence-electron chi connectivity index (χ0n) is 14.4. The Hall–Kier alpha value is -2.13. The summed E-state index contributed by atoms with van der Waals surface area (Å²) in [4.78, 5) is 0. The second-order valence-corrected chi connectivity index (χ2v) is 7.66. The molecule has 2 aromatic carbocycles. The molecule has 0 saturated carbocycles. The minimum Gasteiger partial charge on any atom is -0.497 e. The van der Waals surface area contributed by atoms with E-state index in [1.807, 2.05) is 13.8 Å². The van der Waals surface area contributed by atoms with Crippen molar-refractivity contribution in [3.8, 4) is 23.0 Å². The van der Waals surface area contributed by atoms with Crippen molar-refractivity contribution in [2.45, 2.75) is 25.9 Å². The molecule has 0 aliphatic carbocycles. The van der Waals surface area contributed by atoms with Gasteiger partial charge in [0, 0.05) is 0 Å². The maximum absolute atomic E-state index is 13.3. The maximum atomic E-state index is 13.3. The van der Waals surface area contributed by atoms with Crippen molar-refractivity contribution < 1.29 is 23.1 Å². The third-order valence-electron chi connectivity index (χ3n) is 3.71. The molecule has 5 nitrogen and oxygen atoms in total. The summed E-state index contributed by atoms with van der Waals surface area (Å²) in [5.41, 5.74) is -0.248. The summed E-state index contributed by atoms with van der Waals surface area (Å²) in [5, 5.41) is 0. The average Bonchev–Trinajstić information content (AvgIpc) is 2.62. The molecule has 1 unspecified atom stereocenters. The fourth-order valence-corrected chi connectivity index (χ4v) is 3.66. The largest absolute Gasteiger partial charge is 0.497 e. The van der Waals surface area contributed by atoms with Gasteiger partial charge in [-0.05, 0) is 61.9 Å². The highest BCUT2D eigenvalue weighted by atomic mass is 31.2. The van der Waals surface area contributed by atoms with E-state index in [0.717, 1.165) is 0 Å². The first-order valence-electron chi connectivity index (χ1n) is 7.77. The van der Waals surface area contributed by atoms with Gasteiger partial charge in [-0.2, -0.15) is 0 Å². The van der Waals surface area contributed by atoms with Gasteiger partial charge in [0.25, 0.3) is 0 Å². The molecule has 130 valence electrons. The fourth-order valence-electron chi connectivity index (χ4n) is 1.99. The van der Waals surface area contributed by atoms with Gasteiger partial charge in [-0.15, -0.1) is 0 Å². The van der Waals surface area contributed by atoms with E-state index in [4.69, 9.17) is 18.5 Å². The predicted octanol–water partition coefficient (Wildman–Crippen LogP) is 5.15. The maximum Gasteiger partial charge on any atom is 0.433 e. The standard InChI is InChI=1S/C18H23O5P/c1-5-14(2)24(19,22-17-10-6-15(20-3)7-11-17)23-18-12-8-16(21-4)9-13-18/h6-14H,5H2,1-4H3. The lowest BCUT2D eigenvalue weighted by molar-refractivity contribution is 0.370. The van der Waals surface area contributed by atoms with Gasteiger partial charge < -0.3 is 18.5 Å². The Morgan fingerprint density at radius 1 is 0.792 bits per heavy atom. The molecule has 0 amide bonds. The number of hydrogen-bond acceptors (Lipinski definition) is 5. The highest BCUT2D eigenvalue weighted by Gasteiger charge is 2.34. The second kappa shape index (κ2) is 8.11. The Labute approximate surface area is 143 Å². The highest BCUT2D eigenvalue weighted by Crippen LogP contribution is 2.53. The van der Waals surface area contributed by atoms with Gasteiger partial charge >= 0.3 is 7.60 Å². The van der Waals surface area contributed by atoms with Crippen molar-refractivity contribution in [1.82, 2.24) is 0 Å². The third kappa shape index (κ3) is 4.45. The number of benzene rings is 2. The monoisotopic (exact) mass is 350 g/mol. The first-order valence-corrected chi connectivity index (χ1v) is 9.39. The van der Waals surface area contributed by atoms with Crippen molar-refractivity contribution >= 4 is 7.60 Å². The fraction of sp³-hybridized carbons (Fsp3) is 0.333. The molecule has 0 spiro atoms. The van der Waals surface area contributed by atoms with Crippen molar-refractivity contribution in [3.05, 3.63) is 48.5 Å². The molecule has 0 saturated heterocycles. The third-order valence-corrected chi connectivity index (χ3v) is 6.09. The molecule has 0 radical (unpaired) electrons. The molecule has 0 N–H and O–H groups in total. The summed E-state index contributed by atoms with van der Waals surface area (Å²) in [6, 6.07) is 13.9.